The summed E-state index contributed by atoms with van der Waals surface area (Å²) in [5.74, 6) is -0.385. The maximum atomic E-state index is 11.6. The highest BCUT2D eigenvalue weighted by atomic mass is 16.5. The van der Waals surface area contributed by atoms with Gasteiger partial charge in [0.2, 0.25) is 5.88 Å². The van der Waals surface area contributed by atoms with E-state index in [1.165, 1.54) is 24.4 Å². The van der Waals surface area contributed by atoms with Crippen LogP contribution in [0.3, 0.4) is 0 Å². The van der Waals surface area contributed by atoms with Crippen LogP contribution in [-0.4, -0.2) is 17.1 Å². The zero-order valence-electron chi connectivity index (χ0n) is 9.21. The normalized spacial score (nSPS) is 9.78. The molecular weight excluding hydrogens is 236 g/mol. The molecule has 2 rings (SSSR count). The summed E-state index contributed by atoms with van der Waals surface area (Å²) in [6.07, 6.45) is 1.37. The highest BCUT2D eigenvalue weighted by Gasteiger charge is 2.11. The second-order valence-corrected chi connectivity index (χ2v) is 3.41. The Bertz CT molecular complexity index is 548. The van der Waals surface area contributed by atoms with Crippen LogP contribution in [-0.2, 0) is 0 Å². The number of aromatic nitrogens is 1. The number of nitrogen functional groups attached to an aromatic ring is 1. The second-order valence-electron chi connectivity index (χ2n) is 3.41. The number of rotatable bonds is 2. The minimum Gasteiger partial charge on any atom is -0.399 e. The number of nitrogens with one attached hydrogen (secondary N) is 2. The first-order valence-electron chi connectivity index (χ1n) is 5.04. The molecule has 0 bridgehead atoms. The number of anilines is 2. The third-order valence-electron chi connectivity index (χ3n) is 2.07. The van der Waals surface area contributed by atoms with Gasteiger partial charge in [-0.3, -0.25) is 15.4 Å². The van der Waals surface area contributed by atoms with Crippen LogP contribution < -0.4 is 16.4 Å². The summed E-state index contributed by atoms with van der Waals surface area (Å²) in [6.45, 7) is 0. The van der Waals surface area contributed by atoms with Gasteiger partial charge in [0.15, 0.2) is 0 Å². The second kappa shape index (κ2) is 5.00. The molecule has 0 radical (unpaired) electrons. The fourth-order valence-electron chi connectivity index (χ4n) is 1.23. The SMILES string of the molecule is Nc1ccc(C(=O)NC(=O)Nc2ccno2)cc1. The third-order valence-corrected chi connectivity index (χ3v) is 2.07. The molecular formula is C11H10N4O3. The number of nitrogens with two attached hydrogens (primary N) is 1. The van der Waals surface area contributed by atoms with Crippen LogP contribution in [0.4, 0.5) is 16.4 Å². The largest absolute Gasteiger partial charge is 0.399 e. The molecule has 0 atom stereocenters. The molecule has 18 heavy (non-hydrogen) atoms. The maximum absolute atomic E-state index is 11.6. The van der Waals surface area contributed by atoms with E-state index >= 15 is 0 Å². The van der Waals surface area contributed by atoms with E-state index in [9.17, 15) is 9.59 Å². The van der Waals surface area contributed by atoms with Crippen LogP contribution in [0.15, 0.2) is 41.1 Å². The van der Waals surface area contributed by atoms with Gasteiger partial charge < -0.3 is 10.3 Å². The summed E-state index contributed by atoms with van der Waals surface area (Å²) in [4.78, 5) is 23.0. The zero-order chi connectivity index (χ0) is 13.0. The Kier molecular flexibility index (Phi) is 3.24. The van der Waals surface area contributed by atoms with Gasteiger partial charge in [-0.15, -0.1) is 0 Å². The smallest absolute Gasteiger partial charge is 0.328 e. The number of benzene rings is 1. The van der Waals surface area contributed by atoms with Gasteiger partial charge in [-0.1, -0.05) is 5.16 Å². The maximum Gasteiger partial charge on any atom is 0.328 e. The molecule has 4 N–H and O–H groups in total. The highest BCUT2D eigenvalue weighted by Crippen LogP contribution is 2.06. The Morgan fingerprint density at radius 1 is 1.17 bits per heavy atom. The molecule has 92 valence electrons. The van der Waals surface area contributed by atoms with Crippen molar-refractivity contribution in [2.75, 3.05) is 11.1 Å². The number of carbonyl (C=O) groups excluding carboxylic acids is 2. The van der Waals surface area contributed by atoms with Crippen molar-refractivity contribution in [3.8, 4) is 0 Å². The molecule has 2 aromatic rings. The lowest BCUT2D eigenvalue weighted by molar-refractivity contribution is 0.0967. The molecule has 0 unspecified atom stereocenters. The number of urea groups is 1. The number of carbonyl (C=O) groups is 2. The Morgan fingerprint density at radius 2 is 1.89 bits per heavy atom. The van der Waals surface area contributed by atoms with E-state index in [1.54, 1.807) is 12.1 Å². The highest BCUT2D eigenvalue weighted by molar-refractivity contribution is 6.07. The lowest BCUT2D eigenvalue weighted by atomic mass is 10.2. The number of amides is 3. The molecule has 3 amide bonds. The van der Waals surface area contributed by atoms with Crippen molar-refractivity contribution in [3.05, 3.63) is 42.1 Å². The molecule has 1 heterocycles. The van der Waals surface area contributed by atoms with Gasteiger partial charge in [0.05, 0.1) is 6.20 Å². The monoisotopic (exact) mass is 246 g/mol. The minimum absolute atomic E-state index is 0.151. The lowest BCUT2D eigenvalue weighted by Gasteiger charge is -2.04. The van der Waals surface area contributed by atoms with E-state index in [1.807, 2.05) is 0 Å². The average molecular weight is 246 g/mol. The van der Waals surface area contributed by atoms with E-state index < -0.39 is 11.9 Å². The molecule has 7 nitrogen and oxygen atoms in total. The number of nitrogens with zero attached hydrogens (tertiary/aromatic N) is 1. The van der Waals surface area contributed by atoms with E-state index in [2.05, 4.69) is 20.3 Å². The van der Waals surface area contributed by atoms with E-state index in [0.717, 1.165) is 0 Å². The third kappa shape index (κ3) is 2.85. The first-order chi connectivity index (χ1) is 8.65. The van der Waals surface area contributed by atoms with Gasteiger partial charge in [-0.05, 0) is 24.3 Å². The summed E-state index contributed by atoms with van der Waals surface area (Å²) in [7, 11) is 0. The van der Waals surface area contributed by atoms with Crippen molar-refractivity contribution in [2.24, 2.45) is 0 Å². The van der Waals surface area contributed by atoms with Gasteiger partial charge in [0.1, 0.15) is 0 Å². The fraction of sp³-hybridized carbons (Fsp3) is 0. The van der Waals surface area contributed by atoms with Crippen molar-refractivity contribution in [3.63, 3.8) is 0 Å². The van der Waals surface area contributed by atoms with Gasteiger partial charge in [-0.2, -0.15) is 0 Å². The molecule has 0 spiro atoms. The molecule has 0 fully saturated rings. The molecule has 1 aromatic carbocycles. The molecule has 0 saturated heterocycles. The Labute approximate surface area is 102 Å². The first kappa shape index (κ1) is 11.6. The van der Waals surface area contributed by atoms with Crippen LogP contribution in [0.2, 0.25) is 0 Å². The number of imide groups is 1. The summed E-state index contributed by atoms with van der Waals surface area (Å²) >= 11 is 0. The van der Waals surface area contributed by atoms with Gasteiger partial charge >= 0.3 is 6.03 Å². The Balaban J connectivity index is 1.95. The Hall–Kier alpha value is -2.83. The van der Waals surface area contributed by atoms with E-state index in [4.69, 9.17) is 5.73 Å². The van der Waals surface area contributed by atoms with Crippen LogP contribution in [0, 0.1) is 0 Å². The number of hydrogen-bond acceptors (Lipinski definition) is 5. The minimum atomic E-state index is -0.700. The van der Waals surface area contributed by atoms with Crippen molar-refractivity contribution in [1.29, 1.82) is 0 Å². The van der Waals surface area contributed by atoms with Gasteiger partial charge in [0.25, 0.3) is 5.91 Å². The van der Waals surface area contributed by atoms with Crippen molar-refractivity contribution in [1.82, 2.24) is 10.5 Å². The lowest BCUT2D eigenvalue weighted by Crippen LogP contribution is -2.34. The van der Waals surface area contributed by atoms with Crippen molar-refractivity contribution < 1.29 is 14.1 Å². The molecule has 1 aromatic heterocycles. The van der Waals surface area contributed by atoms with Crippen LogP contribution >= 0.6 is 0 Å². The molecule has 7 heteroatoms. The molecule has 0 aliphatic rings. The van der Waals surface area contributed by atoms with Crippen molar-refractivity contribution >= 4 is 23.5 Å². The van der Waals surface area contributed by atoms with E-state index in [-0.39, 0.29) is 5.88 Å². The summed E-state index contributed by atoms with van der Waals surface area (Å²) in [5, 5.41) is 7.85. The summed E-state index contributed by atoms with van der Waals surface area (Å²) < 4.78 is 4.66. The van der Waals surface area contributed by atoms with Crippen molar-refractivity contribution in [2.45, 2.75) is 0 Å². The van der Waals surface area contributed by atoms with Crippen LogP contribution in [0.25, 0.3) is 0 Å². The fourth-order valence-corrected chi connectivity index (χ4v) is 1.23. The van der Waals surface area contributed by atoms with Crippen LogP contribution in [0.5, 0.6) is 0 Å². The molecule has 0 aliphatic heterocycles. The standard InChI is InChI=1S/C11H10N4O3/c12-8-3-1-7(2-4-8)10(16)15-11(17)14-9-5-6-13-18-9/h1-6H,12H2,(H2,14,15,16,17). The molecule has 0 aliphatic carbocycles. The molecule has 0 saturated carbocycles. The Morgan fingerprint density at radius 3 is 2.50 bits per heavy atom. The predicted molar refractivity (Wildman–Crippen MR) is 63.8 cm³/mol. The quantitative estimate of drug-likeness (QED) is 0.690. The van der Waals surface area contributed by atoms with Crippen LogP contribution in [0.1, 0.15) is 10.4 Å². The van der Waals surface area contributed by atoms with Gasteiger partial charge in [0, 0.05) is 17.3 Å². The summed E-state index contributed by atoms with van der Waals surface area (Å²) in [5.41, 5.74) is 6.36. The zero-order valence-corrected chi connectivity index (χ0v) is 9.21. The topological polar surface area (TPSA) is 110 Å². The van der Waals surface area contributed by atoms with Gasteiger partial charge in [-0.25, -0.2) is 4.79 Å². The predicted octanol–water partition coefficient (Wildman–Crippen LogP) is 1.22. The summed E-state index contributed by atoms with van der Waals surface area (Å²) in [6, 6.07) is 6.94. The number of hydrogen-bond donors (Lipinski definition) is 3. The first-order valence-corrected chi connectivity index (χ1v) is 5.04. The average Bonchev–Trinajstić information content (AvgIpc) is 2.82. The van der Waals surface area contributed by atoms with E-state index in [0.29, 0.717) is 11.3 Å².